The molecule has 4 rings (SSSR count). The predicted molar refractivity (Wildman–Crippen MR) is 105 cm³/mol. The van der Waals surface area contributed by atoms with Crippen LogP contribution < -0.4 is 5.32 Å². The summed E-state index contributed by atoms with van der Waals surface area (Å²) in [5.41, 5.74) is 5.74. The van der Waals surface area contributed by atoms with Crippen molar-refractivity contribution < 1.29 is 0 Å². The summed E-state index contributed by atoms with van der Waals surface area (Å²) in [7, 11) is 0. The fourth-order valence-electron chi connectivity index (χ4n) is 3.65. The Hall–Kier alpha value is -2.73. The topological polar surface area (TPSA) is 56.8 Å². The molecule has 0 aliphatic carbocycles. The molecule has 0 saturated carbocycles. The molecule has 2 N–H and O–H groups in total. The van der Waals surface area contributed by atoms with Gasteiger partial charge in [-0.2, -0.15) is 0 Å². The van der Waals surface area contributed by atoms with Crippen LogP contribution in [0.5, 0.6) is 0 Å². The first-order chi connectivity index (χ1) is 12.6. The SMILES string of the molecule is Cc1cc([C@@H]2[C@@H](c3ccccn3)NC(=S)N2Cc2ccncc2)c(C)[nH]1. The Morgan fingerprint density at radius 2 is 1.92 bits per heavy atom. The number of thiocarbonyl (C=S) groups is 1. The molecule has 5 nitrogen and oxygen atoms in total. The van der Waals surface area contributed by atoms with Crippen LogP contribution in [0, 0.1) is 13.8 Å². The van der Waals surface area contributed by atoms with E-state index in [4.69, 9.17) is 12.2 Å². The lowest BCUT2D eigenvalue weighted by atomic mass is 9.96. The molecule has 0 spiro atoms. The third kappa shape index (κ3) is 3.08. The Morgan fingerprint density at radius 3 is 2.58 bits per heavy atom. The lowest BCUT2D eigenvalue weighted by molar-refractivity contribution is 0.310. The average molecular weight is 363 g/mol. The van der Waals surface area contributed by atoms with Gasteiger partial charge in [-0.3, -0.25) is 9.97 Å². The number of aromatic nitrogens is 3. The quantitative estimate of drug-likeness (QED) is 0.694. The van der Waals surface area contributed by atoms with Gasteiger partial charge in [0.05, 0.1) is 17.8 Å². The molecule has 6 heteroatoms. The summed E-state index contributed by atoms with van der Waals surface area (Å²) in [5, 5.41) is 4.24. The van der Waals surface area contributed by atoms with E-state index >= 15 is 0 Å². The molecule has 0 amide bonds. The molecule has 1 aliphatic rings. The van der Waals surface area contributed by atoms with Crippen molar-refractivity contribution in [3.8, 4) is 0 Å². The monoisotopic (exact) mass is 363 g/mol. The lowest BCUT2D eigenvalue weighted by Gasteiger charge is -2.28. The van der Waals surface area contributed by atoms with Gasteiger partial charge >= 0.3 is 0 Å². The van der Waals surface area contributed by atoms with Gasteiger partial charge in [0, 0.05) is 36.5 Å². The van der Waals surface area contributed by atoms with Crippen molar-refractivity contribution in [2.75, 3.05) is 0 Å². The van der Waals surface area contributed by atoms with E-state index in [0.717, 1.165) is 23.0 Å². The number of hydrogen-bond acceptors (Lipinski definition) is 3. The Balaban J connectivity index is 1.76. The van der Waals surface area contributed by atoms with Crippen LogP contribution in [0.25, 0.3) is 0 Å². The Kier molecular flexibility index (Phi) is 4.42. The van der Waals surface area contributed by atoms with Crippen LogP contribution >= 0.6 is 12.2 Å². The molecule has 3 aromatic rings. The van der Waals surface area contributed by atoms with Gasteiger partial charge in [-0.1, -0.05) is 6.07 Å². The number of hydrogen-bond donors (Lipinski definition) is 2. The molecule has 3 aromatic heterocycles. The van der Waals surface area contributed by atoms with Gasteiger partial charge in [-0.05, 0) is 67.5 Å². The molecule has 1 fully saturated rings. The summed E-state index contributed by atoms with van der Waals surface area (Å²) in [6, 6.07) is 12.4. The third-order valence-corrected chi connectivity index (χ3v) is 5.16. The van der Waals surface area contributed by atoms with Crippen molar-refractivity contribution in [3.63, 3.8) is 0 Å². The van der Waals surface area contributed by atoms with Crippen molar-refractivity contribution >= 4 is 17.3 Å². The second-order valence-electron chi connectivity index (χ2n) is 6.64. The minimum atomic E-state index is 0.0134. The number of aromatic amines is 1. The maximum atomic E-state index is 5.71. The third-order valence-electron chi connectivity index (χ3n) is 4.81. The van der Waals surface area contributed by atoms with Crippen LogP contribution in [0.3, 0.4) is 0 Å². The summed E-state index contributed by atoms with van der Waals surface area (Å²) in [6.45, 7) is 4.93. The van der Waals surface area contributed by atoms with Gasteiger partial charge < -0.3 is 15.2 Å². The van der Waals surface area contributed by atoms with E-state index in [9.17, 15) is 0 Å². The highest BCUT2D eigenvalue weighted by Gasteiger charge is 2.40. The van der Waals surface area contributed by atoms with Crippen molar-refractivity contribution in [3.05, 3.63) is 83.2 Å². The van der Waals surface area contributed by atoms with E-state index < -0.39 is 0 Å². The smallest absolute Gasteiger partial charge is 0.170 e. The number of nitrogens with zero attached hydrogens (tertiary/aromatic N) is 3. The van der Waals surface area contributed by atoms with Crippen molar-refractivity contribution in [1.29, 1.82) is 0 Å². The molecule has 0 radical (unpaired) electrons. The highest BCUT2D eigenvalue weighted by molar-refractivity contribution is 7.80. The zero-order chi connectivity index (χ0) is 18.1. The maximum Gasteiger partial charge on any atom is 0.170 e. The van der Waals surface area contributed by atoms with Gasteiger partial charge in [0.25, 0.3) is 0 Å². The fraction of sp³-hybridized carbons (Fsp3) is 0.250. The van der Waals surface area contributed by atoms with Gasteiger partial charge in [-0.15, -0.1) is 0 Å². The standard InChI is InChI=1S/C20H21N5S/c1-13-11-16(14(2)23-13)19-18(17-5-3-4-8-22-17)24-20(26)25(19)12-15-6-9-21-10-7-15/h3-11,18-19,23H,12H2,1-2H3,(H,24,26)/t18-,19-/m1/s1. The summed E-state index contributed by atoms with van der Waals surface area (Å²) in [6.07, 6.45) is 5.47. The summed E-state index contributed by atoms with van der Waals surface area (Å²) in [5.74, 6) is 0. The maximum absolute atomic E-state index is 5.71. The minimum Gasteiger partial charge on any atom is -0.362 e. The zero-order valence-corrected chi connectivity index (χ0v) is 15.6. The molecule has 2 atom stereocenters. The lowest BCUT2D eigenvalue weighted by Crippen LogP contribution is -2.29. The molecule has 1 saturated heterocycles. The molecule has 132 valence electrons. The van der Waals surface area contributed by atoms with Crippen LogP contribution in [0.15, 0.2) is 55.0 Å². The number of rotatable bonds is 4. The molecule has 0 aromatic carbocycles. The molecule has 26 heavy (non-hydrogen) atoms. The highest BCUT2D eigenvalue weighted by atomic mass is 32.1. The number of pyridine rings is 2. The first-order valence-electron chi connectivity index (χ1n) is 8.66. The Morgan fingerprint density at radius 1 is 1.12 bits per heavy atom. The largest absolute Gasteiger partial charge is 0.362 e. The van der Waals surface area contributed by atoms with Gasteiger partial charge in [0.2, 0.25) is 0 Å². The predicted octanol–water partition coefficient (Wildman–Crippen LogP) is 3.59. The van der Waals surface area contributed by atoms with E-state index in [1.54, 1.807) is 0 Å². The Bertz CT molecular complexity index is 906. The number of aryl methyl sites for hydroxylation is 2. The molecular formula is C20H21N5S. The van der Waals surface area contributed by atoms with E-state index in [-0.39, 0.29) is 12.1 Å². The van der Waals surface area contributed by atoms with Crippen molar-refractivity contribution in [2.45, 2.75) is 32.5 Å². The molecule has 4 heterocycles. The van der Waals surface area contributed by atoms with E-state index in [1.807, 2.05) is 42.9 Å². The first kappa shape index (κ1) is 16.7. The number of nitrogens with one attached hydrogen (secondary N) is 2. The van der Waals surface area contributed by atoms with Gasteiger partial charge in [0.1, 0.15) is 0 Å². The highest BCUT2D eigenvalue weighted by Crippen LogP contribution is 2.40. The zero-order valence-electron chi connectivity index (χ0n) is 14.8. The summed E-state index contributed by atoms with van der Waals surface area (Å²) in [4.78, 5) is 14.4. The molecule has 0 bridgehead atoms. The van der Waals surface area contributed by atoms with Crippen molar-refractivity contribution in [2.24, 2.45) is 0 Å². The van der Waals surface area contributed by atoms with Crippen LogP contribution in [0.4, 0.5) is 0 Å². The van der Waals surface area contributed by atoms with E-state index in [0.29, 0.717) is 0 Å². The van der Waals surface area contributed by atoms with Crippen LogP contribution in [0.1, 0.15) is 40.3 Å². The summed E-state index contributed by atoms with van der Waals surface area (Å²) < 4.78 is 0. The molecule has 0 unspecified atom stereocenters. The van der Waals surface area contributed by atoms with Gasteiger partial charge in [0.15, 0.2) is 5.11 Å². The minimum absolute atomic E-state index is 0.0134. The normalized spacial score (nSPS) is 19.6. The van der Waals surface area contributed by atoms with Crippen LogP contribution in [-0.4, -0.2) is 25.0 Å². The molecular weight excluding hydrogens is 342 g/mol. The fourth-order valence-corrected chi connectivity index (χ4v) is 3.96. The molecule has 1 aliphatic heterocycles. The van der Waals surface area contributed by atoms with E-state index in [2.05, 4.69) is 51.1 Å². The number of H-pyrrole nitrogens is 1. The van der Waals surface area contributed by atoms with E-state index in [1.165, 1.54) is 16.8 Å². The average Bonchev–Trinajstić information content (AvgIpc) is 3.15. The van der Waals surface area contributed by atoms with Crippen LogP contribution in [-0.2, 0) is 6.54 Å². The van der Waals surface area contributed by atoms with Gasteiger partial charge in [-0.25, -0.2) is 0 Å². The second kappa shape index (κ2) is 6.88. The van der Waals surface area contributed by atoms with Crippen LogP contribution in [0.2, 0.25) is 0 Å². The van der Waals surface area contributed by atoms with Crippen molar-refractivity contribution in [1.82, 2.24) is 25.2 Å². The Labute approximate surface area is 158 Å². The summed E-state index contributed by atoms with van der Waals surface area (Å²) >= 11 is 5.71. The second-order valence-corrected chi connectivity index (χ2v) is 7.03. The first-order valence-corrected chi connectivity index (χ1v) is 9.07.